The molecule has 2 aromatic heterocycles. The van der Waals surface area contributed by atoms with Crippen molar-refractivity contribution in [2.24, 2.45) is 5.92 Å². The number of ether oxygens (including phenoxy) is 3. The van der Waals surface area contributed by atoms with Crippen LogP contribution >= 0.6 is 11.3 Å². The molecule has 69 heavy (non-hydrogen) atoms. The minimum atomic E-state index is -4.02. The number of morpholine rings is 1. The highest BCUT2D eigenvalue weighted by Gasteiger charge is 2.63. The number of aromatic nitrogens is 2. The van der Waals surface area contributed by atoms with E-state index in [0.29, 0.717) is 103 Å². The molecule has 4 aromatic rings. The third kappa shape index (κ3) is 10.1. The Kier molecular flexibility index (Phi) is 13.7. The number of hydrogen-bond acceptors (Lipinski definition) is 13. The first-order valence-corrected chi connectivity index (χ1v) is 26.4. The van der Waals surface area contributed by atoms with Gasteiger partial charge in [-0.1, -0.05) is 44.9 Å². The maximum atomic E-state index is 15.3. The lowest BCUT2D eigenvalue weighted by atomic mass is 10.0. The maximum Gasteiger partial charge on any atom is 0.322 e. The number of fused-ring (bicyclic) bond motifs is 3. The van der Waals surface area contributed by atoms with Crippen LogP contribution in [0.25, 0.3) is 21.6 Å². The molecule has 5 atom stereocenters. The van der Waals surface area contributed by atoms with Crippen LogP contribution in [0.5, 0.6) is 11.5 Å². The van der Waals surface area contributed by atoms with Crippen LogP contribution in [-0.4, -0.2) is 120 Å². The summed E-state index contributed by atoms with van der Waals surface area (Å²) in [5.74, 6) is -0.781. The zero-order valence-corrected chi connectivity index (χ0v) is 41.5. The third-order valence-corrected chi connectivity index (χ3v) is 17.3. The van der Waals surface area contributed by atoms with Crippen molar-refractivity contribution in [2.45, 2.75) is 120 Å². The summed E-state index contributed by atoms with van der Waals surface area (Å²) in [7, 11) is -2.41. The molecule has 0 spiro atoms. The summed E-state index contributed by atoms with van der Waals surface area (Å²) in [6.45, 7) is 9.63. The van der Waals surface area contributed by atoms with E-state index in [4.69, 9.17) is 24.2 Å². The van der Waals surface area contributed by atoms with Gasteiger partial charge in [-0.25, -0.2) is 23.2 Å². The summed E-state index contributed by atoms with van der Waals surface area (Å²) in [5.41, 5.74) is 2.65. The standard InChI is InChI=1S/C50H62N8O9S2/c1-30(2)39-29-68-45(54-39)38-26-42(36-16-17-41(65-5)31(3)43(36)53-38)67-35-25-40-44(59)55-50(47(61)56-69(63,64)49(4)18-19-49)27-32(50)12-9-7-6-8-10-15-37(46(60)58(40)28-35)51-33-13-11-14-34(24-33)52-48(62)57-20-22-66-23-21-57/h9,11-14,16-17,24,26,29-30,32,35,37,40,51H,6-8,10,15,18-23,25,27-28H2,1-5H3,(H,52,62)(H,55,59)(H,56,61)/b12-9-/t32-,35-,37+,40+,50-/m1/s1. The Bertz CT molecular complexity index is 2770. The number of carbonyl (C=O) groups is 4. The number of amides is 5. The Morgan fingerprint density at radius 2 is 1.80 bits per heavy atom. The summed E-state index contributed by atoms with van der Waals surface area (Å²) >= 11 is 1.49. The van der Waals surface area contributed by atoms with Gasteiger partial charge in [-0.05, 0) is 88.6 Å². The molecule has 368 valence electrons. The van der Waals surface area contributed by atoms with Gasteiger partial charge >= 0.3 is 6.03 Å². The number of hydrogen-bond donors (Lipinski definition) is 4. The molecule has 2 saturated heterocycles. The number of nitrogens with one attached hydrogen (secondary N) is 4. The van der Waals surface area contributed by atoms with Gasteiger partial charge in [-0.3, -0.25) is 19.1 Å². The highest BCUT2D eigenvalue weighted by molar-refractivity contribution is 7.91. The summed E-state index contributed by atoms with van der Waals surface area (Å²) in [6.07, 6.45) is 7.84. The Morgan fingerprint density at radius 3 is 2.54 bits per heavy atom. The van der Waals surface area contributed by atoms with Crippen molar-refractivity contribution in [3.05, 3.63) is 71.3 Å². The van der Waals surface area contributed by atoms with Gasteiger partial charge in [0.2, 0.25) is 21.8 Å². The number of rotatable bonds is 11. The highest BCUT2D eigenvalue weighted by atomic mass is 32.2. The highest BCUT2D eigenvalue weighted by Crippen LogP contribution is 2.48. The first-order valence-electron chi connectivity index (χ1n) is 24.0. The van der Waals surface area contributed by atoms with E-state index < -0.39 is 56.2 Å². The SMILES string of the molecule is COc1ccc2c(O[C@@H]3C[C@H]4C(=O)N[C@]5(C(=O)NS(=O)(=O)C6(C)CC6)C[C@H]5/C=C\CCCCC[C@H](Nc5cccc(NC(=O)N6CCOCC6)c5)C(=O)N4C3)cc(-c3nc(C(C)C)cs3)nc2c1C. The van der Waals surface area contributed by atoms with Crippen LogP contribution in [0, 0.1) is 12.8 Å². The molecule has 4 N–H and O–H groups in total. The lowest BCUT2D eigenvalue weighted by Crippen LogP contribution is -2.58. The fourth-order valence-corrected chi connectivity index (χ4v) is 11.7. The average molecular weight is 983 g/mol. The number of nitrogens with zero attached hydrogens (tertiary/aromatic N) is 4. The molecule has 4 fully saturated rings. The second-order valence-electron chi connectivity index (χ2n) is 19.5. The quantitative estimate of drug-likeness (QED) is 0.113. The number of anilines is 2. The van der Waals surface area contributed by atoms with Crippen LogP contribution in [0.4, 0.5) is 16.2 Å². The van der Waals surface area contributed by atoms with Crippen molar-refractivity contribution in [2.75, 3.05) is 50.6 Å². The monoisotopic (exact) mass is 982 g/mol. The Balaban J connectivity index is 1.05. The van der Waals surface area contributed by atoms with Gasteiger partial charge in [-0.2, -0.15) is 0 Å². The van der Waals surface area contributed by atoms with Crippen molar-refractivity contribution < 1.29 is 41.8 Å². The first kappa shape index (κ1) is 48.2. The van der Waals surface area contributed by atoms with Crippen LogP contribution in [-0.2, 0) is 29.1 Å². The van der Waals surface area contributed by atoms with Crippen molar-refractivity contribution in [3.8, 4) is 22.2 Å². The lowest BCUT2D eigenvalue weighted by Gasteiger charge is -2.30. The van der Waals surface area contributed by atoms with E-state index in [-0.39, 0.29) is 37.2 Å². The molecule has 2 saturated carbocycles. The molecule has 5 heterocycles. The number of aryl methyl sites for hydroxylation is 1. The van der Waals surface area contributed by atoms with Crippen molar-refractivity contribution in [3.63, 3.8) is 0 Å². The van der Waals surface area contributed by atoms with Gasteiger partial charge < -0.3 is 40.0 Å². The largest absolute Gasteiger partial charge is 0.496 e. The van der Waals surface area contributed by atoms with Crippen molar-refractivity contribution in [1.82, 2.24) is 29.8 Å². The molecule has 9 rings (SSSR count). The van der Waals surface area contributed by atoms with Crippen LogP contribution in [0.2, 0.25) is 0 Å². The topological polar surface area (TPSA) is 210 Å². The van der Waals surface area contributed by atoms with Crippen molar-refractivity contribution >= 4 is 67.4 Å². The minimum Gasteiger partial charge on any atom is -0.496 e. The second kappa shape index (κ2) is 19.5. The summed E-state index contributed by atoms with van der Waals surface area (Å²) in [6, 6.07) is 10.7. The van der Waals surface area contributed by atoms with Gasteiger partial charge in [0.05, 0.1) is 42.8 Å². The predicted molar refractivity (Wildman–Crippen MR) is 264 cm³/mol. The van der Waals surface area contributed by atoms with Crippen molar-refractivity contribution in [1.29, 1.82) is 0 Å². The molecular formula is C50H62N8O9S2. The predicted octanol–water partition coefficient (Wildman–Crippen LogP) is 6.89. The summed E-state index contributed by atoms with van der Waals surface area (Å²) in [4.78, 5) is 70.7. The number of pyridine rings is 1. The zero-order chi connectivity index (χ0) is 48.7. The van der Waals surface area contributed by atoms with Crippen LogP contribution in [0.3, 0.4) is 0 Å². The van der Waals surface area contributed by atoms with Gasteiger partial charge in [0, 0.05) is 59.2 Å². The number of thiazole rings is 1. The second-order valence-corrected chi connectivity index (χ2v) is 22.6. The van der Waals surface area contributed by atoms with E-state index in [0.717, 1.165) is 24.1 Å². The fourth-order valence-electron chi connectivity index (χ4n) is 9.46. The zero-order valence-electron chi connectivity index (χ0n) is 39.8. The van der Waals surface area contributed by atoms with E-state index in [9.17, 15) is 22.8 Å². The number of carbonyl (C=O) groups excluding carboxylic acids is 4. The van der Waals surface area contributed by atoms with Crippen LogP contribution < -0.4 is 30.1 Å². The molecule has 0 bridgehead atoms. The molecule has 19 heteroatoms. The molecule has 3 aliphatic heterocycles. The van der Waals surface area contributed by atoms with E-state index in [1.165, 1.54) is 16.2 Å². The first-order chi connectivity index (χ1) is 33.1. The van der Waals surface area contributed by atoms with Gasteiger partial charge in [-0.15, -0.1) is 11.3 Å². The number of benzene rings is 2. The van der Waals surface area contributed by atoms with E-state index >= 15 is 4.79 Å². The molecule has 17 nitrogen and oxygen atoms in total. The lowest BCUT2D eigenvalue weighted by molar-refractivity contribution is -0.140. The molecule has 2 aliphatic carbocycles. The molecular weight excluding hydrogens is 921 g/mol. The van der Waals surface area contributed by atoms with E-state index in [1.807, 2.05) is 48.7 Å². The average Bonchev–Trinajstić information content (AvgIpc) is 4.10. The molecule has 5 amide bonds. The Labute approximate surface area is 407 Å². The van der Waals surface area contributed by atoms with Crippen LogP contribution in [0.15, 0.2) is 60.0 Å². The Morgan fingerprint density at radius 1 is 1.01 bits per heavy atom. The summed E-state index contributed by atoms with van der Waals surface area (Å²) < 4.78 is 46.1. The normalized spacial score (nSPS) is 25.4. The van der Waals surface area contributed by atoms with Crippen LogP contribution in [0.1, 0.15) is 95.7 Å². The van der Waals surface area contributed by atoms with Gasteiger partial charge in [0.25, 0.3) is 5.91 Å². The van der Waals surface area contributed by atoms with E-state index in [2.05, 4.69) is 34.5 Å². The molecule has 0 unspecified atom stereocenters. The van der Waals surface area contributed by atoms with Gasteiger partial charge in [0.1, 0.15) is 45.9 Å². The number of sulfonamides is 1. The van der Waals surface area contributed by atoms with Gasteiger partial charge in [0.15, 0.2) is 0 Å². The fraction of sp³-hybridized carbons (Fsp3) is 0.520. The smallest absolute Gasteiger partial charge is 0.322 e. The number of urea groups is 1. The Hall–Kier alpha value is -5.79. The van der Waals surface area contributed by atoms with E-state index in [1.54, 1.807) is 37.1 Å². The maximum absolute atomic E-state index is 15.3. The molecule has 0 radical (unpaired) electrons. The molecule has 2 aromatic carbocycles. The third-order valence-electron chi connectivity index (χ3n) is 14.2. The minimum absolute atomic E-state index is 0.0308. The number of methoxy groups -OCH3 is 1. The molecule has 5 aliphatic rings. The summed E-state index contributed by atoms with van der Waals surface area (Å²) in [5, 5.41) is 12.9. The number of allylic oxidation sites excluding steroid dienone is 1.